The summed E-state index contributed by atoms with van der Waals surface area (Å²) in [6.07, 6.45) is 2.74. The minimum absolute atomic E-state index is 0.372. The lowest BCUT2D eigenvalue weighted by atomic mass is 10.1. The van der Waals surface area contributed by atoms with E-state index in [1.54, 1.807) is 7.11 Å². The third-order valence-corrected chi connectivity index (χ3v) is 2.97. The van der Waals surface area contributed by atoms with Crippen LogP contribution in [0.3, 0.4) is 0 Å². The fourth-order valence-corrected chi connectivity index (χ4v) is 2.05. The van der Waals surface area contributed by atoms with E-state index >= 15 is 0 Å². The van der Waals surface area contributed by atoms with E-state index in [4.69, 9.17) is 10.5 Å². The smallest absolute Gasteiger partial charge is 0.0746 e. The van der Waals surface area contributed by atoms with E-state index < -0.39 is 0 Å². The third-order valence-electron chi connectivity index (χ3n) is 2.97. The van der Waals surface area contributed by atoms with Crippen LogP contribution >= 0.6 is 0 Å². The second kappa shape index (κ2) is 4.53. The summed E-state index contributed by atoms with van der Waals surface area (Å²) in [6, 6.07) is 8.05. The molecule has 0 saturated carbocycles. The molecule has 1 unspecified atom stereocenters. The van der Waals surface area contributed by atoms with Gasteiger partial charge in [-0.25, -0.2) is 0 Å². The zero-order valence-corrected chi connectivity index (χ0v) is 9.15. The maximum atomic E-state index is 5.67. The largest absolute Gasteiger partial charge is 0.399 e. The molecule has 15 heavy (non-hydrogen) atoms. The second-order valence-electron chi connectivity index (χ2n) is 4.04. The monoisotopic (exact) mass is 206 g/mol. The Morgan fingerprint density at radius 3 is 2.73 bits per heavy atom. The van der Waals surface area contributed by atoms with E-state index in [9.17, 15) is 0 Å². The fourth-order valence-electron chi connectivity index (χ4n) is 2.05. The molecular weight excluding hydrogens is 188 g/mol. The Labute approximate surface area is 90.8 Å². The molecule has 82 valence electrons. The van der Waals surface area contributed by atoms with Gasteiger partial charge in [0.2, 0.25) is 0 Å². The molecule has 0 aliphatic carbocycles. The molecule has 0 spiro atoms. The standard InChI is InChI=1S/C12H18N2O/c1-15-12-3-2-8-14(9-12)11-6-4-10(13)5-7-11/h4-7,12H,2-3,8-9,13H2,1H3. The Morgan fingerprint density at radius 1 is 1.33 bits per heavy atom. The van der Waals surface area contributed by atoms with Crippen molar-refractivity contribution in [2.75, 3.05) is 30.8 Å². The van der Waals surface area contributed by atoms with E-state index in [2.05, 4.69) is 17.0 Å². The molecule has 2 rings (SSSR count). The molecular formula is C12H18N2O. The average Bonchev–Trinajstić information content (AvgIpc) is 2.30. The highest BCUT2D eigenvalue weighted by Crippen LogP contribution is 2.21. The van der Waals surface area contributed by atoms with E-state index in [-0.39, 0.29) is 0 Å². The summed E-state index contributed by atoms with van der Waals surface area (Å²) in [4.78, 5) is 2.36. The Morgan fingerprint density at radius 2 is 2.07 bits per heavy atom. The lowest BCUT2D eigenvalue weighted by Gasteiger charge is -2.33. The number of nitrogens with zero attached hydrogens (tertiary/aromatic N) is 1. The Balaban J connectivity index is 2.06. The number of hydrogen-bond donors (Lipinski definition) is 1. The molecule has 1 aromatic carbocycles. The topological polar surface area (TPSA) is 38.5 Å². The van der Waals surface area contributed by atoms with Crippen molar-refractivity contribution in [3.63, 3.8) is 0 Å². The molecule has 0 bridgehead atoms. The van der Waals surface area contributed by atoms with Gasteiger partial charge in [-0.05, 0) is 37.1 Å². The van der Waals surface area contributed by atoms with Crippen molar-refractivity contribution in [2.24, 2.45) is 0 Å². The first-order valence-electron chi connectivity index (χ1n) is 5.43. The van der Waals surface area contributed by atoms with Crippen molar-refractivity contribution >= 4 is 11.4 Å². The maximum absolute atomic E-state index is 5.67. The van der Waals surface area contributed by atoms with Crippen LogP contribution in [0.2, 0.25) is 0 Å². The number of piperidine rings is 1. The Kier molecular flexibility index (Phi) is 3.11. The van der Waals surface area contributed by atoms with Gasteiger partial charge in [-0.2, -0.15) is 0 Å². The molecule has 2 N–H and O–H groups in total. The van der Waals surface area contributed by atoms with Crippen LogP contribution < -0.4 is 10.6 Å². The Hall–Kier alpha value is -1.22. The van der Waals surface area contributed by atoms with Gasteiger partial charge in [0.25, 0.3) is 0 Å². The van der Waals surface area contributed by atoms with Gasteiger partial charge in [0, 0.05) is 31.6 Å². The third kappa shape index (κ3) is 2.42. The predicted molar refractivity (Wildman–Crippen MR) is 63.1 cm³/mol. The first-order valence-corrected chi connectivity index (χ1v) is 5.43. The lowest BCUT2D eigenvalue weighted by molar-refractivity contribution is 0.0893. The van der Waals surface area contributed by atoms with Crippen molar-refractivity contribution in [1.82, 2.24) is 0 Å². The van der Waals surface area contributed by atoms with Crippen molar-refractivity contribution < 1.29 is 4.74 Å². The van der Waals surface area contributed by atoms with Crippen LogP contribution in [0.15, 0.2) is 24.3 Å². The molecule has 1 aromatic rings. The summed E-state index contributed by atoms with van der Waals surface area (Å²) in [5.41, 5.74) is 7.73. The number of anilines is 2. The van der Waals surface area contributed by atoms with Crippen molar-refractivity contribution in [2.45, 2.75) is 18.9 Å². The number of hydrogen-bond acceptors (Lipinski definition) is 3. The van der Waals surface area contributed by atoms with Crippen LogP contribution in [-0.2, 0) is 4.74 Å². The molecule has 0 aromatic heterocycles. The van der Waals surface area contributed by atoms with Gasteiger partial charge in [0.15, 0.2) is 0 Å². The molecule has 1 fully saturated rings. The number of nitrogens with two attached hydrogens (primary N) is 1. The van der Waals surface area contributed by atoms with Crippen molar-refractivity contribution in [3.05, 3.63) is 24.3 Å². The van der Waals surface area contributed by atoms with Crippen LogP contribution in [0, 0.1) is 0 Å². The average molecular weight is 206 g/mol. The van der Waals surface area contributed by atoms with Gasteiger partial charge in [-0.1, -0.05) is 0 Å². The predicted octanol–water partition coefficient (Wildman–Crippen LogP) is 1.88. The van der Waals surface area contributed by atoms with Gasteiger partial charge < -0.3 is 15.4 Å². The molecule has 1 heterocycles. The molecule has 0 amide bonds. The zero-order chi connectivity index (χ0) is 10.7. The van der Waals surface area contributed by atoms with Crippen molar-refractivity contribution in [3.8, 4) is 0 Å². The lowest BCUT2D eigenvalue weighted by Crippen LogP contribution is -2.39. The zero-order valence-electron chi connectivity index (χ0n) is 9.15. The fraction of sp³-hybridized carbons (Fsp3) is 0.500. The van der Waals surface area contributed by atoms with Crippen LogP contribution in [-0.4, -0.2) is 26.3 Å². The maximum Gasteiger partial charge on any atom is 0.0746 e. The van der Waals surface area contributed by atoms with Crippen molar-refractivity contribution in [1.29, 1.82) is 0 Å². The minimum atomic E-state index is 0.372. The summed E-state index contributed by atoms with van der Waals surface area (Å²) in [6.45, 7) is 2.10. The van der Waals surface area contributed by atoms with Crippen LogP contribution in [0.1, 0.15) is 12.8 Å². The molecule has 3 nitrogen and oxygen atoms in total. The van der Waals surface area contributed by atoms with Gasteiger partial charge >= 0.3 is 0 Å². The SMILES string of the molecule is COC1CCCN(c2ccc(N)cc2)C1. The number of ether oxygens (including phenoxy) is 1. The summed E-state index contributed by atoms with van der Waals surface area (Å²) >= 11 is 0. The second-order valence-corrected chi connectivity index (χ2v) is 4.04. The number of benzene rings is 1. The van der Waals surface area contributed by atoms with Crippen LogP contribution in [0.4, 0.5) is 11.4 Å². The molecule has 1 atom stereocenters. The van der Waals surface area contributed by atoms with E-state index in [1.807, 2.05) is 12.1 Å². The normalized spacial score (nSPS) is 21.7. The first-order chi connectivity index (χ1) is 7.29. The molecule has 1 saturated heterocycles. The van der Waals surface area contributed by atoms with E-state index in [1.165, 1.54) is 18.5 Å². The summed E-state index contributed by atoms with van der Waals surface area (Å²) in [5, 5.41) is 0. The number of nitrogen functional groups attached to an aromatic ring is 1. The van der Waals surface area contributed by atoms with Gasteiger partial charge in [-0.15, -0.1) is 0 Å². The summed E-state index contributed by atoms with van der Waals surface area (Å²) < 4.78 is 5.40. The molecule has 1 aliphatic heterocycles. The van der Waals surface area contributed by atoms with Gasteiger partial charge in [0.05, 0.1) is 6.10 Å². The number of rotatable bonds is 2. The van der Waals surface area contributed by atoms with E-state index in [0.29, 0.717) is 6.10 Å². The number of methoxy groups -OCH3 is 1. The highest BCUT2D eigenvalue weighted by atomic mass is 16.5. The van der Waals surface area contributed by atoms with Crippen LogP contribution in [0.5, 0.6) is 0 Å². The first kappa shape index (κ1) is 10.3. The minimum Gasteiger partial charge on any atom is -0.399 e. The van der Waals surface area contributed by atoms with Gasteiger partial charge in [-0.3, -0.25) is 0 Å². The quantitative estimate of drug-likeness (QED) is 0.751. The van der Waals surface area contributed by atoms with Gasteiger partial charge in [0.1, 0.15) is 0 Å². The summed E-state index contributed by atoms with van der Waals surface area (Å²) in [5.74, 6) is 0. The van der Waals surface area contributed by atoms with Crippen LogP contribution in [0.25, 0.3) is 0 Å². The molecule has 0 radical (unpaired) electrons. The molecule has 3 heteroatoms. The highest BCUT2D eigenvalue weighted by molar-refractivity contribution is 5.53. The highest BCUT2D eigenvalue weighted by Gasteiger charge is 2.19. The Bertz CT molecular complexity index is 310. The van der Waals surface area contributed by atoms with E-state index in [0.717, 1.165) is 18.8 Å². The molecule has 1 aliphatic rings. The summed E-state index contributed by atoms with van der Waals surface area (Å²) in [7, 11) is 1.79.